The maximum Gasteiger partial charge on any atom is 0.340 e. The molecule has 7 nitrogen and oxygen atoms in total. The van der Waals surface area contributed by atoms with Crippen LogP contribution in [0.15, 0.2) is 42.7 Å². The maximum absolute atomic E-state index is 12.3. The van der Waals surface area contributed by atoms with E-state index in [0.29, 0.717) is 13.0 Å². The molecule has 0 spiro atoms. The van der Waals surface area contributed by atoms with E-state index in [0.717, 1.165) is 11.3 Å². The van der Waals surface area contributed by atoms with Gasteiger partial charge in [-0.2, -0.15) is 5.10 Å². The van der Waals surface area contributed by atoms with Crippen LogP contribution in [-0.2, 0) is 24.8 Å². The fourth-order valence-corrected chi connectivity index (χ4v) is 3.82. The van der Waals surface area contributed by atoms with Gasteiger partial charge in [0.15, 0.2) is 0 Å². The zero-order valence-electron chi connectivity index (χ0n) is 14.6. The first-order valence-corrected chi connectivity index (χ1v) is 10.0. The first-order valence-electron chi connectivity index (χ1n) is 8.30. The SMILES string of the molecule is CCOP(=O)(CC(=O)NCCc1cnn(-c2ccccc2)c1)OCC. The van der Waals surface area contributed by atoms with Crippen molar-refractivity contribution < 1.29 is 18.4 Å². The molecule has 0 aliphatic heterocycles. The summed E-state index contributed by atoms with van der Waals surface area (Å²) in [6.45, 7) is 4.34. The molecule has 136 valence electrons. The molecule has 2 aromatic rings. The number of benzene rings is 1. The molecule has 1 aromatic heterocycles. The third-order valence-corrected chi connectivity index (χ3v) is 5.36. The summed E-state index contributed by atoms with van der Waals surface area (Å²) >= 11 is 0. The van der Waals surface area contributed by atoms with E-state index in [1.54, 1.807) is 24.7 Å². The lowest BCUT2D eigenvalue weighted by Gasteiger charge is -2.16. The Hall–Kier alpha value is -1.95. The summed E-state index contributed by atoms with van der Waals surface area (Å²) in [5.41, 5.74) is 1.98. The molecule has 1 aromatic carbocycles. The smallest absolute Gasteiger partial charge is 0.340 e. The van der Waals surface area contributed by atoms with Gasteiger partial charge in [0.1, 0.15) is 6.16 Å². The molecule has 0 aliphatic rings. The maximum atomic E-state index is 12.3. The molecule has 0 bridgehead atoms. The van der Waals surface area contributed by atoms with Gasteiger partial charge in [0.2, 0.25) is 5.91 Å². The van der Waals surface area contributed by atoms with E-state index in [4.69, 9.17) is 9.05 Å². The van der Waals surface area contributed by atoms with Crippen molar-refractivity contribution in [2.75, 3.05) is 25.9 Å². The number of rotatable bonds is 10. The molecule has 1 heterocycles. The molecule has 0 radical (unpaired) electrons. The van der Waals surface area contributed by atoms with Gasteiger partial charge in [0.05, 0.1) is 25.1 Å². The molecular weight excluding hydrogens is 341 g/mol. The van der Waals surface area contributed by atoms with E-state index >= 15 is 0 Å². The highest BCUT2D eigenvalue weighted by Gasteiger charge is 2.27. The van der Waals surface area contributed by atoms with Gasteiger partial charge in [-0.3, -0.25) is 9.36 Å². The predicted molar refractivity (Wildman–Crippen MR) is 96.0 cm³/mol. The van der Waals surface area contributed by atoms with Gasteiger partial charge in [0.25, 0.3) is 0 Å². The molecule has 8 heteroatoms. The Morgan fingerprint density at radius 3 is 2.52 bits per heavy atom. The number of carbonyl (C=O) groups excluding carboxylic acids is 1. The van der Waals surface area contributed by atoms with E-state index in [1.807, 2.05) is 36.5 Å². The van der Waals surface area contributed by atoms with Gasteiger partial charge < -0.3 is 14.4 Å². The minimum absolute atomic E-state index is 0.239. The zero-order valence-corrected chi connectivity index (χ0v) is 15.4. The van der Waals surface area contributed by atoms with Crippen molar-refractivity contribution >= 4 is 13.5 Å². The number of aromatic nitrogens is 2. The third-order valence-electron chi connectivity index (χ3n) is 3.38. The Morgan fingerprint density at radius 1 is 1.20 bits per heavy atom. The molecule has 1 N–H and O–H groups in total. The molecule has 1 amide bonds. The zero-order chi connectivity index (χ0) is 18.1. The summed E-state index contributed by atoms with van der Waals surface area (Å²) in [4.78, 5) is 12.0. The molecule has 2 rings (SSSR count). The minimum Gasteiger partial charge on any atom is -0.355 e. The average molecular weight is 365 g/mol. The number of amides is 1. The Labute approximate surface area is 147 Å². The van der Waals surface area contributed by atoms with Crippen LogP contribution in [0.3, 0.4) is 0 Å². The van der Waals surface area contributed by atoms with Crippen LogP contribution in [0.4, 0.5) is 0 Å². The molecule has 0 fully saturated rings. The van der Waals surface area contributed by atoms with Gasteiger partial charge in [-0.25, -0.2) is 4.68 Å². The number of nitrogens with zero attached hydrogens (tertiary/aromatic N) is 2. The van der Waals surface area contributed by atoms with E-state index in [-0.39, 0.29) is 25.3 Å². The second-order valence-corrected chi connectivity index (χ2v) is 7.39. The number of nitrogens with one attached hydrogen (secondary N) is 1. The van der Waals surface area contributed by atoms with Crippen LogP contribution in [0, 0.1) is 0 Å². The molecular formula is C17H24N3O4P. The van der Waals surface area contributed by atoms with E-state index in [2.05, 4.69) is 10.4 Å². The first kappa shape index (κ1) is 19.4. The second kappa shape index (κ2) is 9.51. The van der Waals surface area contributed by atoms with Crippen molar-refractivity contribution in [3.8, 4) is 5.69 Å². The van der Waals surface area contributed by atoms with E-state index in [9.17, 15) is 9.36 Å². The quantitative estimate of drug-likeness (QED) is 0.655. The van der Waals surface area contributed by atoms with E-state index < -0.39 is 7.60 Å². The van der Waals surface area contributed by atoms with Crippen LogP contribution >= 0.6 is 7.60 Å². The largest absolute Gasteiger partial charge is 0.355 e. The monoisotopic (exact) mass is 365 g/mol. The average Bonchev–Trinajstić information content (AvgIpc) is 3.05. The van der Waals surface area contributed by atoms with Crippen LogP contribution in [0.1, 0.15) is 19.4 Å². The Morgan fingerprint density at radius 2 is 1.88 bits per heavy atom. The van der Waals surface area contributed by atoms with Crippen LogP contribution in [-0.4, -0.2) is 41.6 Å². The summed E-state index contributed by atoms with van der Waals surface area (Å²) in [7, 11) is -3.35. The molecule has 0 aliphatic carbocycles. The lowest BCUT2D eigenvalue weighted by Crippen LogP contribution is -2.29. The van der Waals surface area contributed by atoms with Gasteiger partial charge in [-0.05, 0) is 38.0 Å². The summed E-state index contributed by atoms with van der Waals surface area (Å²) in [5.74, 6) is -0.347. The minimum atomic E-state index is -3.35. The number of hydrogen-bond donors (Lipinski definition) is 1. The highest BCUT2D eigenvalue weighted by molar-refractivity contribution is 7.54. The van der Waals surface area contributed by atoms with Crippen LogP contribution in [0.5, 0.6) is 0 Å². The topological polar surface area (TPSA) is 82.5 Å². The second-order valence-electron chi connectivity index (χ2n) is 5.33. The van der Waals surface area contributed by atoms with E-state index in [1.165, 1.54) is 0 Å². The number of hydrogen-bond acceptors (Lipinski definition) is 5. The van der Waals surface area contributed by atoms with Gasteiger partial charge in [-0.15, -0.1) is 0 Å². The predicted octanol–water partition coefficient (Wildman–Crippen LogP) is 2.80. The molecule has 0 saturated carbocycles. The van der Waals surface area contributed by atoms with Crippen molar-refractivity contribution in [3.05, 3.63) is 48.3 Å². The lowest BCUT2D eigenvalue weighted by molar-refractivity contribution is -0.118. The Kier molecular flexibility index (Phi) is 7.37. The van der Waals surface area contributed by atoms with Crippen LogP contribution < -0.4 is 5.32 Å². The van der Waals surface area contributed by atoms with Crippen molar-refractivity contribution in [2.24, 2.45) is 0 Å². The summed E-state index contributed by atoms with van der Waals surface area (Å²) < 4.78 is 24.3. The van der Waals surface area contributed by atoms with Gasteiger partial charge >= 0.3 is 7.60 Å². The van der Waals surface area contributed by atoms with Crippen molar-refractivity contribution in [3.63, 3.8) is 0 Å². The molecule has 0 unspecified atom stereocenters. The normalized spacial score (nSPS) is 11.4. The Bertz CT molecular complexity index is 708. The lowest BCUT2D eigenvalue weighted by atomic mass is 10.2. The molecule has 0 saturated heterocycles. The summed E-state index contributed by atoms with van der Waals surface area (Å²) in [6, 6.07) is 9.79. The highest BCUT2D eigenvalue weighted by Crippen LogP contribution is 2.47. The fraction of sp³-hybridized carbons (Fsp3) is 0.412. The van der Waals surface area contributed by atoms with Crippen molar-refractivity contribution in [1.29, 1.82) is 0 Å². The van der Waals surface area contributed by atoms with Crippen molar-refractivity contribution in [1.82, 2.24) is 15.1 Å². The molecule has 0 atom stereocenters. The van der Waals surface area contributed by atoms with Crippen molar-refractivity contribution in [2.45, 2.75) is 20.3 Å². The third kappa shape index (κ3) is 6.12. The highest BCUT2D eigenvalue weighted by atomic mass is 31.2. The Balaban J connectivity index is 1.81. The fourth-order valence-electron chi connectivity index (χ4n) is 2.31. The van der Waals surface area contributed by atoms with Crippen LogP contribution in [0.25, 0.3) is 5.69 Å². The summed E-state index contributed by atoms with van der Waals surface area (Å²) in [6.07, 6.45) is 4.06. The standard InChI is InChI=1S/C17H24N3O4P/c1-3-23-25(22,24-4-2)14-17(21)18-11-10-15-12-19-20(13-15)16-8-6-5-7-9-16/h5-9,12-13H,3-4,10-11,14H2,1-2H3,(H,18,21). The van der Waals surface area contributed by atoms with Gasteiger partial charge in [0, 0.05) is 12.7 Å². The molecule has 25 heavy (non-hydrogen) atoms. The van der Waals surface area contributed by atoms with Crippen LogP contribution in [0.2, 0.25) is 0 Å². The van der Waals surface area contributed by atoms with Gasteiger partial charge in [-0.1, -0.05) is 18.2 Å². The summed E-state index contributed by atoms with van der Waals surface area (Å²) in [5, 5.41) is 7.06. The number of para-hydroxylation sites is 1. The first-order chi connectivity index (χ1) is 12.1. The number of carbonyl (C=O) groups is 1.